The Balaban J connectivity index is 1.68. The molecule has 0 aromatic carbocycles. The minimum absolute atomic E-state index is 0.0954. The molecule has 1 fully saturated rings. The molecule has 0 aliphatic carbocycles. The lowest BCUT2D eigenvalue weighted by Gasteiger charge is -2.34. The molecule has 0 radical (unpaired) electrons. The second kappa shape index (κ2) is 6.58. The maximum absolute atomic E-state index is 11.4. The lowest BCUT2D eigenvalue weighted by atomic mass is 10.3. The molecular formula is C14H15N7OS. The van der Waals surface area contributed by atoms with E-state index in [4.69, 9.17) is 5.26 Å². The van der Waals surface area contributed by atoms with Gasteiger partial charge in [0.1, 0.15) is 16.8 Å². The van der Waals surface area contributed by atoms with E-state index in [1.54, 1.807) is 19.2 Å². The highest BCUT2D eigenvalue weighted by molar-refractivity contribution is 7.16. The van der Waals surface area contributed by atoms with Crippen LogP contribution in [0.4, 0.5) is 16.9 Å². The van der Waals surface area contributed by atoms with Crippen LogP contribution in [-0.2, 0) is 4.79 Å². The zero-order valence-electron chi connectivity index (χ0n) is 12.6. The molecule has 0 spiro atoms. The predicted octanol–water partition coefficient (Wildman–Crippen LogP) is 1.22. The molecule has 23 heavy (non-hydrogen) atoms. The first kappa shape index (κ1) is 15.2. The smallest absolute Gasteiger partial charge is 0.227 e. The largest absolute Gasteiger partial charge is 0.339 e. The first-order chi connectivity index (χ1) is 11.2. The van der Waals surface area contributed by atoms with Gasteiger partial charge in [0.15, 0.2) is 5.13 Å². The van der Waals surface area contributed by atoms with Crippen LogP contribution in [-0.4, -0.2) is 51.9 Å². The summed E-state index contributed by atoms with van der Waals surface area (Å²) in [7, 11) is 0. The van der Waals surface area contributed by atoms with Crippen LogP contribution in [0, 0.1) is 11.3 Å². The summed E-state index contributed by atoms with van der Waals surface area (Å²) in [6.07, 6.45) is 3.21. The van der Waals surface area contributed by atoms with Crippen molar-refractivity contribution in [3.05, 3.63) is 23.3 Å². The summed E-state index contributed by atoms with van der Waals surface area (Å²) in [4.78, 5) is 28.7. The van der Waals surface area contributed by atoms with Crippen LogP contribution in [0.1, 0.15) is 11.8 Å². The van der Waals surface area contributed by atoms with E-state index < -0.39 is 0 Å². The van der Waals surface area contributed by atoms with Crippen molar-refractivity contribution in [1.29, 1.82) is 5.26 Å². The molecular weight excluding hydrogens is 314 g/mol. The minimum Gasteiger partial charge on any atom is -0.339 e. The average molecular weight is 329 g/mol. The van der Waals surface area contributed by atoms with E-state index in [-0.39, 0.29) is 5.91 Å². The van der Waals surface area contributed by atoms with E-state index in [0.717, 1.165) is 0 Å². The number of nitrogens with zero attached hydrogens (tertiary/aromatic N) is 6. The number of carbonyl (C=O) groups is 1. The van der Waals surface area contributed by atoms with Gasteiger partial charge in [0.05, 0.1) is 6.20 Å². The Morgan fingerprint density at radius 1 is 1.35 bits per heavy atom. The molecule has 8 nitrogen and oxygen atoms in total. The monoisotopic (exact) mass is 329 g/mol. The molecule has 1 aliphatic rings. The Hall–Kier alpha value is -2.73. The third kappa shape index (κ3) is 3.54. The SMILES string of the molecule is CC(=O)N1CCN(c2nccc(Nc3ncc(C#N)s3)n2)CC1. The van der Waals surface area contributed by atoms with Gasteiger partial charge in [0.2, 0.25) is 11.9 Å². The maximum Gasteiger partial charge on any atom is 0.227 e. The molecule has 1 N–H and O–H groups in total. The summed E-state index contributed by atoms with van der Waals surface area (Å²) >= 11 is 1.27. The van der Waals surface area contributed by atoms with Crippen molar-refractivity contribution in [3.63, 3.8) is 0 Å². The van der Waals surface area contributed by atoms with Crippen LogP contribution in [0.3, 0.4) is 0 Å². The molecule has 0 unspecified atom stereocenters. The Kier molecular flexibility index (Phi) is 4.34. The Morgan fingerprint density at radius 2 is 2.13 bits per heavy atom. The van der Waals surface area contributed by atoms with Crippen LogP contribution in [0.25, 0.3) is 0 Å². The molecule has 0 bridgehead atoms. The zero-order chi connectivity index (χ0) is 16.2. The van der Waals surface area contributed by atoms with Gasteiger partial charge in [-0.1, -0.05) is 11.3 Å². The number of thiazole rings is 1. The van der Waals surface area contributed by atoms with E-state index in [1.807, 2.05) is 9.80 Å². The first-order valence-corrected chi connectivity index (χ1v) is 7.94. The van der Waals surface area contributed by atoms with Crippen LogP contribution in [0.2, 0.25) is 0 Å². The summed E-state index contributed by atoms with van der Waals surface area (Å²) < 4.78 is 0. The average Bonchev–Trinajstić information content (AvgIpc) is 3.03. The number of piperazine rings is 1. The molecule has 1 aliphatic heterocycles. The summed E-state index contributed by atoms with van der Waals surface area (Å²) in [6, 6.07) is 3.81. The molecule has 3 rings (SSSR count). The number of rotatable bonds is 3. The van der Waals surface area contributed by atoms with Crippen molar-refractivity contribution < 1.29 is 4.79 Å². The van der Waals surface area contributed by atoms with Gasteiger partial charge >= 0.3 is 0 Å². The van der Waals surface area contributed by atoms with Crippen molar-refractivity contribution in [2.75, 3.05) is 36.4 Å². The van der Waals surface area contributed by atoms with Gasteiger partial charge in [-0.05, 0) is 6.07 Å². The number of amides is 1. The van der Waals surface area contributed by atoms with E-state index >= 15 is 0 Å². The second-order valence-corrected chi connectivity index (χ2v) is 6.03. The fourth-order valence-corrected chi connectivity index (χ4v) is 2.91. The molecule has 9 heteroatoms. The van der Waals surface area contributed by atoms with E-state index in [2.05, 4.69) is 26.3 Å². The zero-order valence-corrected chi connectivity index (χ0v) is 13.4. The van der Waals surface area contributed by atoms with Crippen LogP contribution in [0.15, 0.2) is 18.5 Å². The molecule has 2 aromatic rings. The number of hydrogen-bond donors (Lipinski definition) is 1. The van der Waals surface area contributed by atoms with Gasteiger partial charge in [0, 0.05) is 39.3 Å². The molecule has 3 heterocycles. The van der Waals surface area contributed by atoms with Crippen molar-refractivity contribution in [2.45, 2.75) is 6.92 Å². The second-order valence-electron chi connectivity index (χ2n) is 5.00. The Morgan fingerprint density at radius 3 is 2.78 bits per heavy atom. The number of hydrogen-bond acceptors (Lipinski definition) is 8. The van der Waals surface area contributed by atoms with Gasteiger partial charge in [-0.3, -0.25) is 4.79 Å². The third-order valence-corrected chi connectivity index (χ3v) is 4.32. The summed E-state index contributed by atoms with van der Waals surface area (Å²) in [5, 5.41) is 12.5. The van der Waals surface area contributed by atoms with Crippen molar-refractivity contribution in [1.82, 2.24) is 19.9 Å². The molecule has 1 saturated heterocycles. The summed E-state index contributed by atoms with van der Waals surface area (Å²) in [5.74, 6) is 1.34. The van der Waals surface area contributed by atoms with E-state index in [9.17, 15) is 4.79 Å². The highest BCUT2D eigenvalue weighted by Crippen LogP contribution is 2.22. The first-order valence-electron chi connectivity index (χ1n) is 7.12. The van der Waals surface area contributed by atoms with Crippen LogP contribution >= 0.6 is 11.3 Å². The number of anilines is 3. The molecule has 0 atom stereocenters. The van der Waals surface area contributed by atoms with Crippen molar-refractivity contribution in [2.24, 2.45) is 0 Å². The normalized spacial score (nSPS) is 14.4. The highest BCUT2D eigenvalue weighted by atomic mass is 32.1. The minimum atomic E-state index is 0.0954. The predicted molar refractivity (Wildman–Crippen MR) is 86.6 cm³/mol. The lowest BCUT2D eigenvalue weighted by Crippen LogP contribution is -2.48. The third-order valence-electron chi connectivity index (χ3n) is 3.50. The molecule has 0 saturated carbocycles. The van der Waals surface area contributed by atoms with Gasteiger partial charge in [-0.2, -0.15) is 10.2 Å². The van der Waals surface area contributed by atoms with Crippen molar-refractivity contribution >= 4 is 34.1 Å². The van der Waals surface area contributed by atoms with E-state index in [0.29, 0.717) is 48.0 Å². The summed E-state index contributed by atoms with van der Waals surface area (Å²) in [5.41, 5.74) is 0. The Bertz CT molecular complexity index is 746. The van der Waals surface area contributed by atoms with Gasteiger partial charge in [0.25, 0.3) is 0 Å². The summed E-state index contributed by atoms with van der Waals surface area (Å²) in [6.45, 7) is 4.35. The molecule has 1 amide bonds. The number of nitrogens with one attached hydrogen (secondary N) is 1. The van der Waals surface area contributed by atoms with Gasteiger partial charge in [-0.25, -0.2) is 9.97 Å². The fraction of sp³-hybridized carbons (Fsp3) is 0.357. The van der Waals surface area contributed by atoms with Gasteiger partial charge < -0.3 is 15.1 Å². The molecule has 118 valence electrons. The van der Waals surface area contributed by atoms with Crippen LogP contribution in [0.5, 0.6) is 0 Å². The fourth-order valence-electron chi connectivity index (χ4n) is 2.28. The number of nitriles is 1. The topological polar surface area (TPSA) is 98.0 Å². The highest BCUT2D eigenvalue weighted by Gasteiger charge is 2.20. The quantitative estimate of drug-likeness (QED) is 0.904. The van der Waals surface area contributed by atoms with Crippen LogP contribution < -0.4 is 10.2 Å². The molecule has 2 aromatic heterocycles. The number of carbonyl (C=O) groups excluding carboxylic acids is 1. The standard InChI is InChI=1S/C14H15N7OS/c1-10(22)20-4-6-21(7-5-20)13-16-3-2-12(18-13)19-14-17-9-11(8-15)23-14/h2-3,9H,4-7H2,1H3,(H,16,17,18,19). The Labute approximate surface area is 137 Å². The maximum atomic E-state index is 11.4. The van der Waals surface area contributed by atoms with Gasteiger partial charge in [-0.15, -0.1) is 0 Å². The van der Waals surface area contributed by atoms with E-state index in [1.165, 1.54) is 17.5 Å². The number of aromatic nitrogens is 3. The lowest BCUT2D eigenvalue weighted by molar-refractivity contribution is -0.129. The van der Waals surface area contributed by atoms with Crippen molar-refractivity contribution in [3.8, 4) is 6.07 Å².